The number of thiazole rings is 1. The van der Waals surface area contributed by atoms with E-state index in [2.05, 4.69) is 10.3 Å². The number of hydrogen-bond donors (Lipinski definition) is 1. The average Bonchev–Trinajstić information content (AvgIpc) is 2.62. The summed E-state index contributed by atoms with van der Waals surface area (Å²) in [5, 5.41) is 3.96. The SMILES string of the molecule is CC(=O)NCCc1nc2c(s1)CCC2. The van der Waals surface area contributed by atoms with Gasteiger partial charge in [0.15, 0.2) is 0 Å². The van der Waals surface area contributed by atoms with Crippen LogP contribution in [0.4, 0.5) is 0 Å². The molecule has 3 nitrogen and oxygen atoms in total. The van der Waals surface area contributed by atoms with Crippen molar-refractivity contribution in [1.82, 2.24) is 10.3 Å². The summed E-state index contributed by atoms with van der Waals surface area (Å²) in [5.41, 5.74) is 1.30. The van der Waals surface area contributed by atoms with Crippen LogP contribution in [0.5, 0.6) is 0 Å². The second-order valence-electron chi connectivity index (χ2n) is 3.56. The van der Waals surface area contributed by atoms with Crippen LogP contribution in [0.15, 0.2) is 0 Å². The first kappa shape index (κ1) is 9.65. The fourth-order valence-electron chi connectivity index (χ4n) is 1.70. The maximum absolute atomic E-state index is 10.6. The van der Waals surface area contributed by atoms with E-state index in [0.29, 0.717) is 6.54 Å². The van der Waals surface area contributed by atoms with Gasteiger partial charge in [0.1, 0.15) is 0 Å². The number of nitrogens with one attached hydrogen (secondary N) is 1. The Morgan fingerprint density at radius 3 is 3.14 bits per heavy atom. The molecule has 14 heavy (non-hydrogen) atoms. The second-order valence-corrected chi connectivity index (χ2v) is 4.73. The fraction of sp³-hybridized carbons (Fsp3) is 0.600. The highest BCUT2D eigenvalue weighted by molar-refractivity contribution is 7.11. The summed E-state index contributed by atoms with van der Waals surface area (Å²) in [4.78, 5) is 16.7. The molecule has 4 heteroatoms. The summed E-state index contributed by atoms with van der Waals surface area (Å²) < 4.78 is 0. The molecule has 0 aromatic carbocycles. The number of fused-ring (bicyclic) bond motifs is 1. The van der Waals surface area contributed by atoms with Gasteiger partial charge in [-0.3, -0.25) is 4.79 Å². The Morgan fingerprint density at radius 1 is 1.57 bits per heavy atom. The third-order valence-corrected chi connectivity index (χ3v) is 3.57. The van der Waals surface area contributed by atoms with Crippen LogP contribution >= 0.6 is 11.3 Å². The average molecular weight is 210 g/mol. The van der Waals surface area contributed by atoms with Crippen LogP contribution in [0.1, 0.15) is 28.9 Å². The van der Waals surface area contributed by atoms with Crippen LogP contribution in [-0.4, -0.2) is 17.4 Å². The molecular formula is C10H14N2OS. The van der Waals surface area contributed by atoms with Gasteiger partial charge >= 0.3 is 0 Å². The van der Waals surface area contributed by atoms with Crippen molar-refractivity contribution < 1.29 is 4.79 Å². The molecule has 0 unspecified atom stereocenters. The summed E-state index contributed by atoms with van der Waals surface area (Å²) in [5.74, 6) is 0.0362. The van der Waals surface area contributed by atoms with E-state index in [9.17, 15) is 4.79 Å². The monoisotopic (exact) mass is 210 g/mol. The Labute approximate surface area is 87.6 Å². The van der Waals surface area contributed by atoms with Gasteiger partial charge in [-0.05, 0) is 19.3 Å². The molecule has 0 radical (unpaired) electrons. The first-order valence-electron chi connectivity index (χ1n) is 4.97. The Kier molecular flexibility index (Phi) is 2.82. The molecule has 0 bridgehead atoms. The zero-order chi connectivity index (χ0) is 9.97. The number of hydrogen-bond acceptors (Lipinski definition) is 3. The third-order valence-electron chi connectivity index (χ3n) is 2.35. The molecule has 1 aromatic heterocycles. The molecule has 76 valence electrons. The van der Waals surface area contributed by atoms with Crippen molar-refractivity contribution in [1.29, 1.82) is 0 Å². The van der Waals surface area contributed by atoms with Gasteiger partial charge in [0.25, 0.3) is 0 Å². The van der Waals surface area contributed by atoms with Crippen molar-refractivity contribution in [3.63, 3.8) is 0 Å². The quantitative estimate of drug-likeness (QED) is 0.817. The third kappa shape index (κ3) is 2.12. The topological polar surface area (TPSA) is 42.0 Å². The van der Waals surface area contributed by atoms with Crippen molar-refractivity contribution in [2.24, 2.45) is 0 Å². The van der Waals surface area contributed by atoms with E-state index in [4.69, 9.17) is 0 Å². The molecule has 2 rings (SSSR count). The largest absolute Gasteiger partial charge is 0.356 e. The summed E-state index contributed by atoms with van der Waals surface area (Å²) in [7, 11) is 0. The standard InChI is InChI=1S/C10H14N2OS/c1-7(13)11-6-5-10-12-8-3-2-4-9(8)14-10/h2-6H2,1H3,(H,11,13). The maximum atomic E-state index is 10.6. The van der Waals surface area contributed by atoms with Gasteiger partial charge in [-0.15, -0.1) is 11.3 Å². The highest BCUT2D eigenvalue weighted by Crippen LogP contribution is 2.27. The minimum absolute atomic E-state index is 0.0362. The molecule has 0 aliphatic heterocycles. The second kappa shape index (κ2) is 4.09. The van der Waals surface area contributed by atoms with E-state index in [0.717, 1.165) is 12.8 Å². The highest BCUT2D eigenvalue weighted by atomic mass is 32.1. The number of aryl methyl sites for hydroxylation is 2. The number of rotatable bonds is 3. The van der Waals surface area contributed by atoms with Gasteiger partial charge in [0.2, 0.25) is 5.91 Å². The lowest BCUT2D eigenvalue weighted by atomic mass is 10.3. The summed E-state index contributed by atoms with van der Waals surface area (Å²) >= 11 is 1.81. The molecule has 0 fully saturated rings. The maximum Gasteiger partial charge on any atom is 0.216 e. The molecule has 1 N–H and O–H groups in total. The van der Waals surface area contributed by atoms with Gasteiger partial charge in [0.05, 0.1) is 10.7 Å². The smallest absolute Gasteiger partial charge is 0.216 e. The van der Waals surface area contributed by atoms with Crippen molar-refractivity contribution in [2.45, 2.75) is 32.6 Å². The molecule has 0 saturated heterocycles. The number of carbonyl (C=O) groups is 1. The molecule has 0 atom stereocenters. The lowest BCUT2D eigenvalue weighted by molar-refractivity contribution is -0.118. The Morgan fingerprint density at radius 2 is 2.43 bits per heavy atom. The first-order valence-corrected chi connectivity index (χ1v) is 5.79. The molecule has 0 spiro atoms. The van der Waals surface area contributed by atoms with Gasteiger partial charge < -0.3 is 5.32 Å². The van der Waals surface area contributed by atoms with Gasteiger partial charge in [-0.1, -0.05) is 0 Å². The molecule has 1 heterocycles. The summed E-state index contributed by atoms with van der Waals surface area (Å²) in [6, 6.07) is 0. The van der Waals surface area contributed by atoms with Crippen LogP contribution in [0.3, 0.4) is 0 Å². The Hall–Kier alpha value is -0.900. The van der Waals surface area contributed by atoms with Gasteiger partial charge in [0, 0.05) is 24.8 Å². The van der Waals surface area contributed by atoms with E-state index in [-0.39, 0.29) is 5.91 Å². The van der Waals surface area contributed by atoms with Crippen LogP contribution in [-0.2, 0) is 24.1 Å². The van der Waals surface area contributed by atoms with Gasteiger partial charge in [-0.25, -0.2) is 4.98 Å². The minimum atomic E-state index is 0.0362. The predicted octanol–water partition coefficient (Wildman–Crippen LogP) is 1.31. The molecule has 1 aliphatic carbocycles. The Balaban J connectivity index is 1.88. The molecule has 1 amide bonds. The zero-order valence-corrected chi connectivity index (χ0v) is 9.12. The van der Waals surface area contributed by atoms with Crippen molar-refractivity contribution in [3.8, 4) is 0 Å². The lowest BCUT2D eigenvalue weighted by Gasteiger charge is -1.98. The molecule has 1 aliphatic rings. The normalized spacial score (nSPS) is 14.1. The van der Waals surface area contributed by atoms with Crippen LogP contribution in [0, 0.1) is 0 Å². The van der Waals surface area contributed by atoms with E-state index < -0.39 is 0 Å². The fourth-order valence-corrected chi connectivity index (χ4v) is 2.85. The van der Waals surface area contributed by atoms with Crippen molar-refractivity contribution >= 4 is 17.2 Å². The number of carbonyl (C=O) groups excluding carboxylic acids is 1. The number of aromatic nitrogens is 1. The van der Waals surface area contributed by atoms with E-state index in [1.54, 1.807) is 6.92 Å². The van der Waals surface area contributed by atoms with E-state index in [1.807, 2.05) is 11.3 Å². The van der Waals surface area contributed by atoms with Crippen molar-refractivity contribution in [3.05, 3.63) is 15.6 Å². The van der Waals surface area contributed by atoms with E-state index >= 15 is 0 Å². The van der Waals surface area contributed by atoms with Gasteiger partial charge in [-0.2, -0.15) is 0 Å². The molecular weight excluding hydrogens is 196 g/mol. The molecule has 0 saturated carbocycles. The first-order chi connectivity index (χ1) is 6.75. The van der Waals surface area contributed by atoms with Crippen molar-refractivity contribution in [2.75, 3.05) is 6.54 Å². The minimum Gasteiger partial charge on any atom is -0.356 e. The van der Waals surface area contributed by atoms with Crippen LogP contribution in [0.2, 0.25) is 0 Å². The van der Waals surface area contributed by atoms with Crippen LogP contribution in [0.25, 0.3) is 0 Å². The number of amides is 1. The lowest BCUT2D eigenvalue weighted by Crippen LogP contribution is -2.22. The zero-order valence-electron chi connectivity index (χ0n) is 8.30. The Bertz CT molecular complexity index is 324. The summed E-state index contributed by atoms with van der Waals surface area (Å²) in [6.45, 7) is 2.25. The predicted molar refractivity (Wildman–Crippen MR) is 56.5 cm³/mol. The number of nitrogens with zero attached hydrogens (tertiary/aromatic N) is 1. The highest BCUT2D eigenvalue weighted by Gasteiger charge is 2.16. The summed E-state index contributed by atoms with van der Waals surface area (Å²) in [6.07, 6.45) is 4.48. The van der Waals surface area contributed by atoms with E-state index in [1.165, 1.54) is 28.4 Å². The molecule has 1 aromatic rings. The van der Waals surface area contributed by atoms with Crippen LogP contribution < -0.4 is 5.32 Å².